The van der Waals surface area contributed by atoms with Crippen molar-refractivity contribution in [3.63, 3.8) is 0 Å². The highest BCUT2D eigenvalue weighted by Gasteiger charge is 2.17. The van der Waals surface area contributed by atoms with Crippen molar-refractivity contribution in [2.75, 3.05) is 26.7 Å². The predicted octanol–water partition coefficient (Wildman–Crippen LogP) is 2.63. The molecular formula is C18H26N2O. The van der Waals surface area contributed by atoms with Crippen LogP contribution in [0.2, 0.25) is 0 Å². The first-order chi connectivity index (χ1) is 10.3. The van der Waals surface area contributed by atoms with Crippen molar-refractivity contribution in [3.05, 3.63) is 29.3 Å². The summed E-state index contributed by atoms with van der Waals surface area (Å²) >= 11 is 0. The Hall–Kier alpha value is -1.50. The van der Waals surface area contributed by atoms with Gasteiger partial charge in [0, 0.05) is 6.54 Å². The molecule has 2 N–H and O–H groups in total. The molecule has 0 amide bonds. The summed E-state index contributed by atoms with van der Waals surface area (Å²) in [6.07, 6.45) is 3.97. The van der Waals surface area contributed by atoms with Gasteiger partial charge in [-0.3, -0.25) is 4.90 Å². The number of nitrogens with two attached hydrogens (primary N) is 1. The quantitative estimate of drug-likeness (QED) is 0.865. The zero-order valence-corrected chi connectivity index (χ0v) is 13.2. The molecule has 1 fully saturated rings. The van der Waals surface area contributed by atoms with Crippen LogP contribution in [0.5, 0.6) is 5.75 Å². The molecule has 0 aliphatic carbocycles. The van der Waals surface area contributed by atoms with E-state index >= 15 is 0 Å². The van der Waals surface area contributed by atoms with Crippen LogP contribution in [0.3, 0.4) is 0 Å². The molecular weight excluding hydrogens is 260 g/mol. The van der Waals surface area contributed by atoms with Gasteiger partial charge in [-0.1, -0.05) is 31.3 Å². The third kappa shape index (κ3) is 4.49. The van der Waals surface area contributed by atoms with Crippen molar-refractivity contribution in [2.24, 2.45) is 11.7 Å². The van der Waals surface area contributed by atoms with Gasteiger partial charge in [-0.2, -0.15) is 0 Å². The topological polar surface area (TPSA) is 38.5 Å². The molecule has 1 aromatic carbocycles. The van der Waals surface area contributed by atoms with Crippen molar-refractivity contribution in [1.29, 1.82) is 0 Å². The van der Waals surface area contributed by atoms with Gasteiger partial charge in [0.05, 0.1) is 19.2 Å². The molecule has 0 unspecified atom stereocenters. The molecule has 0 saturated carbocycles. The van der Waals surface area contributed by atoms with Crippen LogP contribution >= 0.6 is 0 Å². The maximum atomic E-state index is 5.46. The Labute approximate surface area is 128 Å². The molecule has 0 bridgehead atoms. The van der Waals surface area contributed by atoms with E-state index in [9.17, 15) is 0 Å². The standard InChI is InChI=1S/C18H26N2O/c1-3-15-8-11-20(12-9-15)14-16-6-7-18(21-2)17(13-16)5-4-10-19/h6-7,13,15H,3,8-12,14,19H2,1-2H3. The van der Waals surface area contributed by atoms with Crippen LogP contribution in [0.4, 0.5) is 0 Å². The van der Waals surface area contributed by atoms with Gasteiger partial charge in [-0.15, -0.1) is 0 Å². The lowest BCUT2D eigenvalue weighted by Crippen LogP contribution is -2.33. The highest BCUT2D eigenvalue weighted by molar-refractivity contribution is 5.48. The highest BCUT2D eigenvalue weighted by atomic mass is 16.5. The number of hydrogen-bond acceptors (Lipinski definition) is 3. The maximum Gasteiger partial charge on any atom is 0.134 e. The molecule has 1 heterocycles. The van der Waals surface area contributed by atoms with Gasteiger partial charge in [-0.05, 0) is 49.5 Å². The van der Waals surface area contributed by atoms with Crippen molar-refractivity contribution in [1.82, 2.24) is 4.90 Å². The van der Waals surface area contributed by atoms with Gasteiger partial charge in [0.25, 0.3) is 0 Å². The fourth-order valence-electron chi connectivity index (χ4n) is 2.91. The van der Waals surface area contributed by atoms with Gasteiger partial charge in [0.15, 0.2) is 0 Å². The Kier molecular flexibility index (Phi) is 6.10. The molecule has 21 heavy (non-hydrogen) atoms. The summed E-state index contributed by atoms with van der Waals surface area (Å²) in [6.45, 7) is 6.07. The number of nitrogens with zero attached hydrogens (tertiary/aromatic N) is 1. The van der Waals surface area contributed by atoms with Gasteiger partial charge in [0.1, 0.15) is 5.75 Å². The predicted molar refractivity (Wildman–Crippen MR) is 87.2 cm³/mol. The van der Waals surface area contributed by atoms with Crippen molar-refractivity contribution >= 4 is 0 Å². The Morgan fingerprint density at radius 2 is 2.10 bits per heavy atom. The molecule has 0 spiro atoms. The van der Waals surface area contributed by atoms with Crippen molar-refractivity contribution < 1.29 is 4.74 Å². The lowest BCUT2D eigenvalue weighted by atomic mass is 9.94. The lowest BCUT2D eigenvalue weighted by molar-refractivity contribution is 0.175. The van der Waals surface area contributed by atoms with Crippen LogP contribution in [-0.2, 0) is 6.54 Å². The smallest absolute Gasteiger partial charge is 0.134 e. The highest BCUT2D eigenvalue weighted by Crippen LogP contribution is 2.23. The monoisotopic (exact) mass is 286 g/mol. The number of piperidine rings is 1. The number of ether oxygens (including phenoxy) is 1. The summed E-state index contributed by atoms with van der Waals surface area (Å²) in [6, 6.07) is 6.28. The summed E-state index contributed by atoms with van der Waals surface area (Å²) in [7, 11) is 1.68. The van der Waals surface area contributed by atoms with E-state index in [1.54, 1.807) is 7.11 Å². The Morgan fingerprint density at radius 3 is 2.71 bits per heavy atom. The Morgan fingerprint density at radius 1 is 1.33 bits per heavy atom. The molecule has 1 aliphatic rings. The second-order valence-corrected chi connectivity index (χ2v) is 5.67. The first-order valence-corrected chi connectivity index (χ1v) is 7.85. The minimum absolute atomic E-state index is 0.373. The normalized spacial score (nSPS) is 16.3. The number of hydrogen-bond donors (Lipinski definition) is 1. The van der Waals surface area contributed by atoms with Crippen LogP contribution in [-0.4, -0.2) is 31.6 Å². The lowest BCUT2D eigenvalue weighted by Gasteiger charge is -2.31. The maximum absolute atomic E-state index is 5.46. The third-order valence-corrected chi connectivity index (χ3v) is 4.28. The van der Waals surface area contributed by atoms with E-state index in [-0.39, 0.29) is 0 Å². The first-order valence-electron chi connectivity index (χ1n) is 7.85. The SMILES string of the molecule is CCC1CCN(Cc2ccc(OC)c(C#CCN)c2)CC1. The van der Waals surface area contributed by atoms with Gasteiger partial charge in [0.2, 0.25) is 0 Å². The van der Waals surface area contributed by atoms with Gasteiger partial charge >= 0.3 is 0 Å². The molecule has 114 valence electrons. The molecule has 1 aliphatic heterocycles. The fourth-order valence-corrected chi connectivity index (χ4v) is 2.91. The molecule has 0 aromatic heterocycles. The van der Waals surface area contributed by atoms with Crippen LogP contribution in [0.15, 0.2) is 18.2 Å². The molecule has 0 radical (unpaired) electrons. The summed E-state index contributed by atoms with van der Waals surface area (Å²) in [4.78, 5) is 2.54. The summed E-state index contributed by atoms with van der Waals surface area (Å²) < 4.78 is 5.36. The van der Waals surface area contributed by atoms with E-state index in [0.717, 1.165) is 23.8 Å². The molecule has 3 heteroatoms. The second kappa shape index (κ2) is 8.07. The average Bonchev–Trinajstić information content (AvgIpc) is 2.54. The van der Waals surface area contributed by atoms with Crippen LogP contribution in [0.1, 0.15) is 37.3 Å². The number of likely N-dealkylation sites (tertiary alicyclic amines) is 1. The van der Waals surface area contributed by atoms with E-state index in [0.29, 0.717) is 6.54 Å². The molecule has 0 atom stereocenters. The van der Waals surface area contributed by atoms with E-state index in [1.165, 1.54) is 37.9 Å². The second-order valence-electron chi connectivity index (χ2n) is 5.67. The van der Waals surface area contributed by atoms with E-state index in [4.69, 9.17) is 10.5 Å². The first kappa shape index (κ1) is 15.9. The summed E-state index contributed by atoms with van der Waals surface area (Å²) in [5, 5.41) is 0. The average molecular weight is 286 g/mol. The Balaban J connectivity index is 2.03. The number of benzene rings is 1. The minimum Gasteiger partial charge on any atom is -0.495 e. The molecule has 1 saturated heterocycles. The third-order valence-electron chi connectivity index (χ3n) is 4.28. The minimum atomic E-state index is 0.373. The van der Waals surface area contributed by atoms with E-state index < -0.39 is 0 Å². The van der Waals surface area contributed by atoms with Gasteiger partial charge < -0.3 is 10.5 Å². The summed E-state index contributed by atoms with van der Waals surface area (Å²) in [5.74, 6) is 7.75. The molecule has 3 nitrogen and oxygen atoms in total. The van der Waals surface area contributed by atoms with Crippen LogP contribution in [0, 0.1) is 17.8 Å². The van der Waals surface area contributed by atoms with E-state index in [2.05, 4.69) is 35.8 Å². The zero-order chi connectivity index (χ0) is 15.1. The van der Waals surface area contributed by atoms with Gasteiger partial charge in [-0.25, -0.2) is 0 Å². The fraction of sp³-hybridized carbons (Fsp3) is 0.556. The van der Waals surface area contributed by atoms with Crippen molar-refractivity contribution in [2.45, 2.75) is 32.7 Å². The van der Waals surface area contributed by atoms with Crippen LogP contribution < -0.4 is 10.5 Å². The largest absolute Gasteiger partial charge is 0.495 e. The van der Waals surface area contributed by atoms with Crippen molar-refractivity contribution in [3.8, 4) is 17.6 Å². The molecule has 2 rings (SSSR count). The molecule has 1 aromatic rings. The number of methoxy groups -OCH3 is 1. The van der Waals surface area contributed by atoms with E-state index in [1.807, 2.05) is 6.07 Å². The number of rotatable bonds is 4. The van der Waals surface area contributed by atoms with Crippen LogP contribution in [0.25, 0.3) is 0 Å². The Bertz CT molecular complexity index is 508. The summed E-state index contributed by atoms with van der Waals surface area (Å²) in [5.41, 5.74) is 7.69. The zero-order valence-electron chi connectivity index (χ0n) is 13.2.